The van der Waals surface area contributed by atoms with Crippen LogP contribution >= 0.6 is 15.9 Å². The zero-order valence-electron chi connectivity index (χ0n) is 11.7. The van der Waals surface area contributed by atoms with E-state index < -0.39 is 0 Å². The van der Waals surface area contributed by atoms with E-state index in [-0.39, 0.29) is 11.7 Å². The topological polar surface area (TPSA) is 53.1 Å². The second kappa shape index (κ2) is 6.83. The molecule has 0 fully saturated rings. The molecule has 0 heterocycles. The highest BCUT2D eigenvalue weighted by atomic mass is 79.9. The lowest BCUT2D eigenvalue weighted by Crippen LogP contribution is -2.18. The quantitative estimate of drug-likeness (QED) is 0.641. The third-order valence-electron chi connectivity index (χ3n) is 3.15. The molecule has 110 valence electrons. The first-order valence-electron chi connectivity index (χ1n) is 6.51. The van der Waals surface area contributed by atoms with Crippen molar-refractivity contribution in [2.75, 3.05) is 7.05 Å². The fraction of sp³-hybridized carbons (Fsp3) is 0.188. The normalized spacial score (nSPS) is 10.9. The van der Waals surface area contributed by atoms with Crippen LogP contribution in [0.2, 0.25) is 0 Å². The van der Waals surface area contributed by atoms with Gasteiger partial charge in [0.15, 0.2) is 0 Å². The summed E-state index contributed by atoms with van der Waals surface area (Å²) < 4.78 is 14.6. The second-order valence-corrected chi connectivity index (χ2v) is 5.94. The summed E-state index contributed by atoms with van der Waals surface area (Å²) in [7, 11) is 1.93. The van der Waals surface area contributed by atoms with Crippen molar-refractivity contribution in [3.8, 4) is 0 Å². The first kappa shape index (κ1) is 15.7. The number of nitrogens with one attached hydrogen (secondary N) is 1. The number of hydrogen-bond donors (Lipinski definition) is 2. The zero-order valence-corrected chi connectivity index (χ0v) is 13.3. The molecule has 0 aliphatic carbocycles. The Morgan fingerprint density at radius 1 is 1.24 bits per heavy atom. The predicted molar refractivity (Wildman–Crippen MR) is 86.7 cm³/mol. The summed E-state index contributed by atoms with van der Waals surface area (Å²) in [5.41, 5.74) is 7.89. The molecule has 0 bridgehead atoms. The smallest absolute Gasteiger partial charge is 0.128 e. The highest BCUT2D eigenvalue weighted by Gasteiger charge is 2.07. The van der Waals surface area contributed by atoms with Gasteiger partial charge >= 0.3 is 0 Å². The van der Waals surface area contributed by atoms with Gasteiger partial charge in [0.2, 0.25) is 0 Å². The number of halogens is 2. The molecule has 3 N–H and O–H groups in total. The molecule has 2 aromatic carbocycles. The van der Waals surface area contributed by atoms with Crippen LogP contribution in [-0.4, -0.2) is 17.8 Å². The third-order valence-corrected chi connectivity index (χ3v) is 3.64. The maximum Gasteiger partial charge on any atom is 0.128 e. The van der Waals surface area contributed by atoms with Crippen molar-refractivity contribution in [3.05, 3.63) is 69.4 Å². The SMILES string of the molecule is CN(Cc1cccc(C(=N)N)c1)Cc1ccc(Br)cc1F. The van der Waals surface area contributed by atoms with Crippen LogP contribution in [0.1, 0.15) is 16.7 Å². The molecule has 0 spiro atoms. The van der Waals surface area contributed by atoms with E-state index in [1.807, 2.05) is 36.2 Å². The van der Waals surface area contributed by atoms with Crippen LogP contribution in [0.25, 0.3) is 0 Å². The van der Waals surface area contributed by atoms with Crippen molar-refractivity contribution in [2.24, 2.45) is 5.73 Å². The van der Waals surface area contributed by atoms with Crippen LogP contribution in [-0.2, 0) is 13.1 Å². The Morgan fingerprint density at radius 2 is 2.00 bits per heavy atom. The van der Waals surface area contributed by atoms with Gasteiger partial charge in [-0.1, -0.05) is 40.2 Å². The van der Waals surface area contributed by atoms with E-state index in [4.69, 9.17) is 11.1 Å². The number of nitrogens with zero attached hydrogens (tertiary/aromatic N) is 1. The van der Waals surface area contributed by atoms with Gasteiger partial charge in [-0.3, -0.25) is 10.3 Å². The molecule has 0 saturated carbocycles. The monoisotopic (exact) mass is 349 g/mol. The predicted octanol–water partition coefficient (Wildman–Crippen LogP) is 3.50. The molecule has 3 nitrogen and oxygen atoms in total. The van der Waals surface area contributed by atoms with E-state index >= 15 is 0 Å². The molecule has 0 amide bonds. The highest BCUT2D eigenvalue weighted by Crippen LogP contribution is 2.17. The van der Waals surface area contributed by atoms with Crippen LogP contribution in [0, 0.1) is 11.2 Å². The van der Waals surface area contributed by atoms with E-state index in [9.17, 15) is 4.39 Å². The van der Waals surface area contributed by atoms with Gasteiger partial charge in [0.1, 0.15) is 11.7 Å². The molecule has 2 aromatic rings. The van der Waals surface area contributed by atoms with E-state index in [0.29, 0.717) is 24.2 Å². The number of amidine groups is 1. The molecule has 0 saturated heterocycles. The minimum absolute atomic E-state index is 0.0541. The molecule has 0 aromatic heterocycles. The van der Waals surface area contributed by atoms with Gasteiger partial charge in [0.05, 0.1) is 0 Å². The second-order valence-electron chi connectivity index (χ2n) is 5.02. The molecular weight excluding hydrogens is 333 g/mol. The van der Waals surface area contributed by atoms with E-state index in [0.717, 1.165) is 10.0 Å². The minimum atomic E-state index is -0.214. The Labute approximate surface area is 132 Å². The Balaban J connectivity index is 2.06. The summed E-state index contributed by atoms with van der Waals surface area (Å²) in [6.07, 6.45) is 0. The van der Waals surface area contributed by atoms with Gasteiger partial charge in [0, 0.05) is 28.7 Å². The van der Waals surface area contributed by atoms with Crippen LogP contribution in [0.15, 0.2) is 46.9 Å². The van der Waals surface area contributed by atoms with Crippen molar-refractivity contribution in [3.63, 3.8) is 0 Å². The zero-order chi connectivity index (χ0) is 15.4. The fourth-order valence-corrected chi connectivity index (χ4v) is 2.48. The molecule has 0 radical (unpaired) electrons. The number of hydrogen-bond acceptors (Lipinski definition) is 2. The van der Waals surface area contributed by atoms with Crippen molar-refractivity contribution in [1.29, 1.82) is 5.41 Å². The van der Waals surface area contributed by atoms with Gasteiger partial charge in [-0.25, -0.2) is 4.39 Å². The molecule has 0 aliphatic rings. The van der Waals surface area contributed by atoms with E-state index in [1.165, 1.54) is 6.07 Å². The summed E-state index contributed by atoms with van der Waals surface area (Å²) in [6.45, 7) is 1.18. The van der Waals surface area contributed by atoms with Gasteiger partial charge < -0.3 is 5.73 Å². The van der Waals surface area contributed by atoms with Gasteiger partial charge in [-0.2, -0.15) is 0 Å². The van der Waals surface area contributed by atoms with Gasteiger partial charge in [-0.15, -0.1) is 0 Å². The van der Waals surface area contributed by atoms with Gasteiger partial charge in [-0.05, 0) is 30.8 Å². The lowest BCUT2D eigenvalue weighted by atomic mass is 10.1. The maximum atomic E-state index is 13.8. The summed E-state index contributed by atoms with van der Waals surface area (Å²) in [6, 6.07) is 12.6. The Bertz CT molecular complexity index is 658. The fourth-order valence-electron chi connectivity index (χ4n) is 2.15. The number of nitrogens with two attached hydrogens (primary N) is 1. The standard InChI is InChI=1S/C16H17BrFN3/c1-21(10-13-5-6-14(17)8-15(13)18)9-11-3-2-4-12(7-11)16(19)20/h2-8H,9-10H2,1H3,(H3,19,20). The van der Waals surface area contributed by atoms with E-state index in [2.05, 4.69) is 15.9 Å². The molecule has 5 heteroatoms. The summed E-state index contributed by atoms with van der Waals surface area (Å²) >= 11 is 3.25. The molecular formula is C16H17BrFN3. The summed E-state index contributed by atoms with van der Waals surface area (Å²) in [5.74, 6) is -0.160. The summed E-state index contributed by atoms with van der Waals surface area (Å²) in [5, 5.41) is 7.45. The van der Waals surface area contributed by atoms with Crippen molar-refractivity contribution in [2.45, 2.75) is 13.1 Å². The molecule has 2 rings (SSSR count). The lowest BCUT2D eigenvalue weighted by molar-refractivity contribution is 0.313. The Hall–Kier alpha value is -1.72. The van der Waals surface area contributed by atoms with Crippen LogP contribution in [0.4, 0.5) is 4.39 Å². The molecule has 0 unspecified atom stereocenters. The van der Waals surface area contributed by atoms with Crippen molar-refractivity contribution >= 4 is 21.8 Å². The number of nitrogen functional groups attached to an aromatic ring is 1. The minimum Gasteiger partial charge on any atom is -0.384 e. The van der Waals surface area contributed by atoms with Crippen LogP contribution in [0.3, 0.4) is 0 Å². The Morgan fingerprint density at radius 3 is 2.67 bits per heavy atom. The molecule has 21 heavy (non-hydrogen) atoms. The van der Waals surface area contributed by atoms with Crippen molar-refractivity contribution < 1.29 is 4.39 Å². The first-order chi connectivity index (χ1) is 9.95. The maximum absolute atomic E-state index is 13.8. The number of benzene rings is 2. The largest absolute Gasteiger partial charge is 0.384 e. The van der Waals surface area contributed by atoms with Crippen LogP contribution in [0.5, 0.6) is 0 Å². The molecule has 0 aliphatic heterocycles. The average molecular weight is 350 g/mol. The average Bonchev–Trinajstić information content (AvgIpc) is 2.42. The Kier molecular flexibility index (Phi) is 5.09. The highest BCUT2D eigenvalue weighted by molar-refractivity contribution is 9.10. The first-order valence-corrected chi connectivity index (χ1v) is 7.31. The van der Waals surface area contributed by atoms with E-state index in [1.54, 1.807) is 12.1 Å². The number of rotatable bonds is 5. The third kappa shape index (κ3) is 4.37. The lowest BCUT2D eigenvalue weighted by Gasteiger charge is -2.17. The summed E-state index contributed by atoms with van der Waals surface area (Å²) in [4.78, 5) is 2.02. The van der Waals surface area contributed by atoms with Crippen molar-refractivity contribution in [1.82, 2.24) is 4.90 Å². The van der Waals surface area contributed by atoms with Gasteiger partial charge in [0.25, 0.3) is 0 Å². The van der Waals surface area contributed by atoms with Crippen LogP contribution < -0.4 is 5.73 Å². The molecule has 0 atom stereocenters.